The van der Waals surface area contributed by atoms with E-state index in [1.165, 1.54) is 41.1 Å². The molecule has 3 amide bonds. The number of pyridine rings is 1. The quantitative estimate of drug-likeness (QED) is 0.210. The van der Waals surface area contributed by atoms with Crippen LogP contribution < -0.4 is 21.5 Å². The average molecular weight is 558 g/mol. The molecule has 0 bridgehead atoms. The van der Waals surface area contributed by atoms with E-state index in [0.29, 0.717) is 12.5 Å². The Kier molecular flexibility index (Phi) is 14.8. The zero-order chi connectivity index (χ0) is 30.2. The summed E-state index contributed by atoms with van der Waals surface area (Å²) in [5.74, 6) is -2.12. The lowest BCUT2D eigenvalue weighted by molar-refractivity contribution is -0.134. The van der Waals surface area contributed by atoms with E-state index in [0.717, 1.165) is 12.8 Å². The smallest absolute Gasteiger partial charge is 0.330 e. The van der Waals surface area contributed by atoms with Gasteiger partial charge in [0.2, 0.25) is 11.8 Å². The summed E-state index contributed by atoms with van der Waals surface area (Å²) >= 11 is 0. The maximum atomic E-state index is 13.4. The molecule has 0 aliphatic rings. The molecule has 2 atom stereocenters. The molecule has 0 radical (unpaired) electrons. The van der Waals surface area contributed by atoms with Gasteiger partial charge >= 0.3 is 5.97 Å². The molecule has 0 saturated carbocycles. The zero-order valence-corrected chi connectivity index (χ0v) is 24.4. The lowest BCUT2D eigenvalue weighted by Gasteiger charge is -2.26. The van der Waals surface area contributed by atoms with Crippen molar-refractivity contribution >= 4 is 29.4 Å². The van der Waals surface area contributed by atoms with Gasteiger partial charge in [0.1, 0.15) is 24.0 Å². The topological polar surface area (TPSA) is 139 Å². The van der Waals surface area contributed by atoms with Gasteiger partial charge in [-0.05, 0) is 43.5 Å². The Bertz CT molecular complexity index is 1150. The largest absolute Gasteiger partial charge is 0.466 e. The summed E-state index contributed by atoms with van der Waals surface area (Å²) in [7, 11) is 2.90. The highest BCUT2D eigenvalue weighted by Crippen LogP contribution is 2.14. The van der Waals surface area contributed by atoms with Gasteiger partial charge in [-0.3, -0.25) is 19.2 Å². The van der Waals surface area contributed by atoms with Crippen LogP contribution in [0.15, 0.2) is 59.8 Å². The van der Waals surface area contributed by atoms with Crippen LogP contribution >= 0.6 is 0 Å². The number of amides is 3. The SMILES string of the molecule is C=CN(C)/C(=C\C)C(=O)NC(C(=O)Nc1cccn(CC(=O)NCC(CC)CC)c1=O)C(C)C/C=C/C(=O)OC. The highest BCUT2D eigenvalue weighted by molar-refractivity contribution is 6.00. The maximum Gasteiger partial charge on any atom is 0.330 e. The molecule has 0 aromatic carbocycles. The number of esters is 1. The van der Waals surface area contributed by atoms with Crippen molar-refractivity contribution in [1.29, 1.82) is 0 Å². The first kappa shape index (κ1) is 33.9. The van der Waals surface area contributed by atoms with Crippen LogP contribution in [0.1, 0.15) is 47.0 Å². The van der Waals surface area contributed by atoms with Crippen molar-refractivity contribution < 1.29 is 23.9 Å². The van der Waals surface area contributed by atoms with E-state index in [-0.39, 0.29) is 30.3 Å². The molecule has 1 aromatic heterocycles. The van der Waals surface area contributed by atoms with Crippen molar-refractivity contribution in [3.05, 3.63) is 65.4 Å². The zero-order valence-electron chi connectivity index (χ0n) is 24.4. The van der Waals surface area contributed by atoms with E-state index in [1.54, 1.807) is 39.1 Å². The Balaban J connectivity index is 3.16. The van der Waals surface area contributed by atoms with Gasteiger partial charge in [0, 0.05) is 25.9 Å². The number of carbonyl (C=O) groups excluding carboxylic acids is 4. The summed E-state index contributed by atoms with van der Waals surface area (Å²) in [6.45, 7) is 11.5. The van der Waals surface area contributed by atoms with Crippen molar-refractivity contribution in [2.75, 3.05) is 26.0 Å². The van der Waals surface area contributed by atoms with E-state index < -0.39 is 35.3 Å². The summed E-state index contributed by atoms with van der Waals surface area (Å²) in [6.07, 6.45) is 9.42. The fourth-order valence-corrected chi connectivity index (χ4v) is 3.87. The lowest BCUT2D eigenvalue weighted by Crippen LogP contribution is -2.49. The third kappa shape index (κ3) is 10.5. The Hall–Kier alpha value is -4.15. The molecular weight excluding hydrogens is 514 g/mol. The molecule has 0 spiro atoms. The number of nitrogens with zero attached hydrogens (tertiary/aromatic N) is 2. The number of rotatable bonds is 16. The van der Waals surface area contributed by atoms with Crippen LogP contribution in [0.5, 0.6) is 0 Å². The monoisotopic (exact) mass is 557 g/mol. The molecule has 1 aromatic rings. The second kappa shape index (κ2) is 17.4. The normalized spacial score (nSPS) is 12.9. The van der Waals surface area contributed by atoms with Crippen LogP contribution in [-0.2, 0) is 30.5 Å². The highest BCUT2D eigenvalue weighted by Gasteiger charge is 2.28. The van der Waals surface area contributed by atoms with Gasteiger partial charge in [-0.25, -0.2) is 4.79 Å². The molecule has 0 fully saturated rings. The van der Waals surface area contributed by atoms with E-state index in [2.05, 4.69) is 41.1 Å². The summed E-state index contributed by atoms with van der Waals surface area (Å²) < 4.78 is 5.81. The Morgan fingerprint density at radius 1 is 1.20 bits per heavy atom. The predicted octanol–water partition coefficient (Wildman–Crippen LogP) is 2.56. The first-order valence-corrected chi connectivity index (χ1v) is 13.4. The Morgan fingerprint density at radius 3 is 2.45 bits per heavy atom. The minimum Gasteiger partial charge on any atom is -0.466 e. The van der Waals surface area contributed by atoms with Gasteiger partial charge in [-0.2, -0.15) is 0 Å². The fraction of sp³-hybridized carbons (Fsp3) is 0.483. The number of nitrogens with one attached hydrogen (secondary N) is 3. The van der Waals surface area contributed by atoms with Gasteiger partial charge in [-0.1, -0.05) is 52.3 Å². The third-order valence-electron chi connectivity index (χ3n) is 6.60. The molecule has 1 rings (SSSR count). The average Bonchev–Trinajstić information content (AvgIpc) is 2.94. The van der Waals surface area contributed by atoms with Crippen molar-refractivity contribution in [3.63, 3.8) is 0 Å². The molecule has 3 N–H and O–H groups in total. The number of hydrogen-bond acceptors (Lipinski definition) is 7. The van der Waals surface area contributed by atoms with Gasteiger partial charge < -0.3 is 30.2 Å². The number of carbonyl (C=O) groups is 4. The summed E-state index contributed by atoms with van der Waals surface area (Å²) in [4.78, 5) is 64.9. The molecule has 0 aliphatic carbocycles. The number of methoxy groups -OCH3 is 1. The minimum absolute atomic E-state index is 0.0358. The Labute approximate surface area is 236 Å². The molecule has 0 aliphatic heterocycles. The molecule has 40 heavy (non-hydrogen) atoms. The molecule has 0 saturated heterocycles. The van der Waals surface area contributed by atoms with E-state index in [4.69, 9.17) is 0 Å². The molecule has 1 heterocycles. The van der Waals surface area contributed by atoms with Crippen LogP contribution in [0.3, 0.4) is 0 Å². The predicted molar refractivity (Wildman–Crippen MR) is 155 cm³/mol. The van der Waals surface area contributed by atoms with Gasteiger partial charge in [0.15, 0.2) is 0 Å². The second-order valence-corrected chi connectivity index (χ2v) is 9.39. The first-order valence-electron chi connectivity index (χ1n) is 13.4. The number of hydrogen-bond donors (Lipinski definition) is 3. The molecule has 2 unspecified atom stereocenters. The van der Waals surface area contributed by atoms with Gasteiger partial charge in [0.25, 0.3) is 11.5 Å². The summed E-state index contributed by atoms with van der Waals surface area (Å²) in [5, 5.41) is 8.18. The van der Waals surface area contributed by atoms with Crippen molar-refractivity contribution in [1.82, 2.24) is 20.1 Å². The molecule has 11 nitrogen and oxygen atoms in total. The van der Waals surface area contributed by atoms with E-state index in [1.807, 2.05) is 0 Å². The Morgan fingerprint density at radius 2 is 1.88 bits per heavy atom. The van der Waals surface area contributed by atoms with Crippen LogP contribution in [-0.4, -0.2) is 59.9 Å². The van der Waals surface area contributed by atoms with Crippen LogP contribution in [0.4, 0.5) is 5.69 Å². The van der Waals surface area contributed by atoms with Gasteiger partial charge in [-0.15, -0.1) is 0 Å². The fourth-order valence-electron chi connectivity index (χ4n) is 3.87. The molecule has 11 heteroatoms. The second-order valence-electron chi connectivity index (χ2n) is 9.39. The number of likely N-dealkylation sites (N-methyl/N-ethyl adjacent to an activating group) is 1. The van der Waals surface area contributed by atoms with Crippen LogP contribution in [0, 0.1) is 11.8 Å². The maximum absolute atomic E-state index is 13.4. The number of anilines is 1. The number of aromatic nitrogens is 1. The molecular formula is C29H43N5O6. The van der Waals surface area contributed by atoms with E-state index in [9.17, 15) is 24.0 Å². The van der Waals surface area contributed by atoms with Crippen molar-refractivity contribution in [2.24, 2.45) is 11.8 Å². The molecule has 220 valence electrons. The highest BCUT2D eigenvalue weighted by atomic mass is 16.5. The van der Waals surface area contributed by atoms with Crippen molar-refractivity contribution in [3.8, 4) is 0 Å². The van der Waals surface area contributed by atoms with E-state index >= 15 is 0 Å². The summed E-state index contributed by atoms with van der Waals surface area (Å²) in [5.41, 5.74) is -0.324. The van der Waals surface area contributed by atoms with Gasteiger partial charge in [0.05, 0.1) is 7.11 Å². The number of ether oxygens (including phenoxy) is 1. The third-order valence-corrected chi connectivity index (χ3v) is 6.60. The van der Waals surface area contributed by atoms with Crippen molar-refractivity contribution in [2.45, 2.75) is 59.5 Å². The first-order chi connectivity index (χ1) is 19.0. The summed E-state index contributed by atoms with van der Waals surface area (Å²) in [6, 6.07) is 1.92. The number of allylic oxidation sites excluding steroid dienone is 2. The lowest BCUT2D eigenvalue weighted by atomic mass is 9.96. The minimum atomic E-state index is -1.07. The standard InChI is InChI=1S/C29H43N5O6/c1-8-21(9-2)18-30-24(35)19-34-17-13-15-22(29(34)39)31-28(38)26(20(5)14-12-16-25(36)40-7)32-27(37)23(10-3)33(6)11-4/h10-13,15-17,20-21,26H,4,8-9,14,18-19H2,1-3,5-7H3,(H,30,35)(H,31,38)(H,32,37)/b16-12+,23-10-. The van der Waals surface area contributed by atoms with Crippen LogP contribution in [0.2, 0.25) is 0 Å². The van der Waals surface area contributed by atoms with Crippen LogP contribution in [0.25, 0.3) is 0 Å².